The van der Waals surface area contributed by atoms with Gasteiger partial charge in [-0.05, 0) is 44.4 Å². The van der Waals surface area contributed by atoms with Crippen LogP contribution in [0.15, 0.2) is 45.6 Å². The molecule has 0 bridgehead atoms. The zero-order valence-corrected chi connectivity index (χ0v) is 22.0. The maximum atomic E-state index is 13.3. The third-order valence-electron chi connectivity index (χ3n) is 6.65. The van der Waals surface area contributed by atoms with Gasteiger partial charge in [0, 0.05) is 39.0 Å². The van der Waals surface area contributed by atoms with Gasteiger partial charge in [0.05, 0.1) is 30.3 Å². The second-order valence-electron chi connectivity index (χ2n) is 9.24. The molecule has 0 spiro atoms. The highest BCUT2D eigenvalue weighted by Crippen LogP contribution is 2.45. The van der Waals surface area contributed by atoms with Gasteiger partial charge in [0.2, 0.25) is 5.91 Å². The first-order valence-electron chi connectivity index (χ1n) is 11.9. The number of benzene rings is 1. The average molecular weight is 499 g/mol. The molecule has 0 saturated carbocycles. The van der Waals surface area contributed by atoms with Gasteiger partial charge in [0.1, 0.15) is 6.61 Å². The van der Waals surface area contributed by atoms with Crippen molar-refractivity contribution in [2.24, 2.45) is 4.99 Å². The van der Waals surface area contributed by atoms with Crippen molar-refractivity contribution in [1.29, 1.82) is 0 Å². The summed E-state index contributed by atoms with van der Waals surface area (Å²) >= 11 is 1.50. The Hall–Kier alpha value is -2.62. The SMILES string of the molecule is COCCOC(=O)C1=C(C)N=C2SC=C(CC(=O)N3CCN(C)CC3)N2[C@H]1c1ccc(C)cc1C. The van der Waals surface area contributed by atoms with Crippen molar-refractivity contribution in [2.45, 2.75) is 33.2 Å². The quantitative estimate of drug-likeness (QED) is 0.422. The molecule has 188 valence electrons. The molecule has 1 amide bonds. The molecule has 8 nitrogen and oxygen atoms in total. The maximum absolute atomic E-state index is 13.3. The summed E-state index contributed by atoms with van der Waals surface area (Å²) in [6, 6.07) is 5.82. The summed E-state index contributed by atoms with van der Waals surface area (Å²) in [5, 5.41) is 2.78. The van der Waals surface area contributed by atoms with Gasteiger partial charge in [-0.25, -0.2) is 9.79 Å². The number of ether oxygens (including phenoxy) is 2. The van der Waals surface area contributed by atoms with Gasteiger partial charge in [-0.3, -0.25) is 4.79 Å². The fourth-order valence-electron chi connectivity index (χ4n) is 4.68. The smallest absolute Gasteiger partial charge is 0.338 e. The standard InChI is InChI=1S/C26H34N4O4S/c1-17-6-7-21(18(2)14-17)24-23(25(32)34-13-12-33-5)19(3)27-26-30(24)20(16-35-26)15-22(31)29-10-8-28(4)9-11-29/h6-7,14,16,24H,8-13,15H2,1-5H3/t24-/m0/s1. The number of amidine groups is 1. The molecule has 1 aromatic rings. The van der Waals surface area contributed by atoms with E-state index in [1.54, 1.807) is 7.11 Å². The van der Waals surface area contributed by atoms with Crippen LogP contribution in [0.3, 0.4) is 0 Å². The van der Waals surface area contributed by atoms with Crippen LogP contribution in [0.1, 0.15) is 36.1 Å². The summed E-state index contributed by atoms with van der Waals surface area (Å²) in [6.45, 7) is 9.66. The minimum absolute atomic E-state index is 0.0982. The molecule has 1 fully saturated rings. The first-order chi connectivity index (χ1) is 16.8. The van der Waals surface area contributed by atoms with Gasteiger partial charge in [-0.2, -0.15) is 0 Å². The lowest BCUT2D eigenvalue weighted by Crippen LogP contribution is -2.47. The van der Waals surface area contributed by atoms with Crippen molar-refractivity contribution in [3.63, 3.8) is 0 Å². The molecule has 4 rings (SSSR count). The predicted octanol–water partition coefficient (Wildman–Crippen LogP) is 3.23. The van der Waals surface area contributed by atoms with Crippen molar-refractivity contribution >= 4 is 28.8 Å². The summed E-state index contributed by atoms with van der Waals surface area (Å²) in [5.74, 6) is -0.310. The Morgan fingerprint density at radius 2 is 1.86 bits per heavy atom. The number of aryl methyl sites for hydroxylation is 2. The van der Waals surface area contributed by atoms with Crippen LogP contribution >= 0.6 is 11.8 Å². The highest BCUT2D eigenvalue weighted by molar-refractivity contribution is 8.16. The number of carbonyl (C=O) groups excluding carboxylic acids is 2. The number of methoxy groups -OCH3 is 1. The van der Waals surface area contributed by atoms with Gasteiger partial charge in [-0.15, -0.1) is 0 Å². The third-order valence-corrected chi connectivity index (χ3v) is 7.54. The molecule has 3 aliphatic heterocycles. The van der Waals surface area contributed by atoms with Crippen LogP contribution in [0.25, 0.3) is 0 Å². The van der Waals surface area contributed by atoms with E-state index in [2.05, 4.69) is 48.9 Å². The summed E-state index contributed by atoms with van der Waals surface area (Å²) < 4.78 is 10.6. The van der Waals surface area contributed by atoms with E-state index in [1.807, 2.05) is 17.2 Å². The van der Waals surface area contributed by atoms with Crippen LogP contribution in [-0.4, -0.2) is 85.3 Å². The number of aliphatic imine (C=N–C) groups is 1. The molecule has 35 heavy (non-hydrogen) atoms. The fraction of sp³-hybridized carbons (Fsp3) is 0.500. The van der Waals surface area contributed by atoms with Crippen molar-refractivity contribution in [1.82, 2.24) is 14.7 Å². The van der Waals surface area contributed by atoms with E-state index in [1.165, 1.54) is 11.8 Å². The number of rotatable bonds is 7. The van der Waals surface area contributed by atoms with Crippen molar-refractivity contribution in [3.05, 3.63) is 57.3 Å². The molecule has 0 aliphatic carbocycles. The minimum atomic E-state index is -0.417. The number of carbonyl (C=O) groups is 2. The third kappa shape index (κ3) is 5.47. The lowest BCUT2D eigenvalue weighted by molar-refractivity contribution is -0.141. The lowest BCUT2D eigenvalue weighted by Gasteiger charge is -2.38. The van der Waals surface area contributed by atoms with E-state index in [0.717, 1.165) is 53.7 Å². The molecule has 3 heterocycles. The number of thioether (sulfide) groups is 1. The molecular weight excluding hydrogens is 464 g/mol. The number of hydrogen-bond acceptors (Lipinski definition) is 8. The maximum Gasteiger partial charge on any atom is 0.338 e. The first kappa shape index (κ1) is 25.5. The summed E-state index contributed by atoms with van der Waals surface area (Å²) in [7, 11) is 3.65. The molecule has 1 saturated heterocycles. The average Bonchev–Trinajstić information content (AvgIpc) is 3.20. The highest BCUT2D eigenvalue weighted by atomic mass is 32.2. The molecule has 0 aromatic heterocycles. The van der Waals surface area contributed by atoms with Gasteiger partial charge < -0.3 is 24.2 Å². The summed E-state index contributed by atoms with van der Waals surface area (Å²) in [5.41, 5.74) is 5.22. The number of hydrogen-bond donors (Lipinski definition) is 0. The van der Waals surface area contributed by atoms with Crippen molar-refractivity contribution in [2.75, 3.05) is 53.6 Å². The molecule has 1 aromatic carbocycles. The van der Waals surface area contributed by atoms with Crippen molar-refractivity contribution in [3.8, 4) is 0 Å². The van der Waals surface area contributed by atoms with Crippen molar-refractivity contribution < 1.29 is 19.1 Å². The number of fused-ring (bicyclic) bond motifs is 1. The molecule has 1 atom stereocenters. The van der Waals surface area contributed by atoms with E-state index in [0.29, 0.717) is 17.9 Å². The molecule has 0 N–H and O–H groups in total. The predicted molar refractivity (Wildman–Crippen MR) is 138 cm³/mol. The number of likely N-dealkylation sites (N-methyl/N-ethyl adjacent to an activating group) is 1. The Morgan fingerprint density at radius 3 is 2.54 bits per heavy atom. The monoisotopic (exact) mass is 498 g/mol. The van der Waals surface area contributed by atoms with E-state index in [9.17, 15) is 9.59 Å². The first-order valence-corrected chi connectivity index (χ1v) is 12.8. The second kappa shape index (κ2) is 11.0. The molecule has 0 unspecified atom stereocenters. The number of nitrogens with zero attached hydrogens (tertiary/aromatic N) is 4. The highest BCUT2D eigenvalue weighted by Gasteiger charge is 2.42. The van der Waals surface area contributed by atoms with E-state index < -0.39 is 12.0 Å². The molecule has 0 radical (unpaired) electrons. The molecule has 9 heteroatoms. The summed E-state index contributed by atoms with van der Waals surface area (Å²) in [6.07, 6.45) is 0.266. The number of amides is 1. The normalized spacial score (nSPS) is 20.5. The Bertz CT molecular complexity index is 1090. The Balaban J connectivity index is 1.67. The van der Waals surface area contributed by atoms with Crippen LogP contribution in [0.2, 0.25) is 0 Å². The Kier molecular flexibility index (Phi) is 7.98. The number of piperazine rings is 1. The minimum Gasteiger partial charge on any atom is -0.460 e. The zero-order chi connectivity index (χ0) is 25.1. The van der Waals surface area contributed by atoms with E-state index in [-0.39, 0.29) is 18.9 Å². The molecular formula is C26H34N4O4S. The van der Waals surface area contributed by atoms with E-state index >= 15 is 0 Å². The van der Waals surface area contributed by atoms with E-state index in [4.69, 9.17) is 14.5 Å². The number of esters is 1. The van der Waals surface area contributed by atoms with Crippen LogP contribution in [0.4, 0.5) is 0 Å². The van der Waals surface area contributed by atoms with Gasteiger partial charge >= 0.3 is 5.97 Å². The zero-order valence-electron chi connectivity index (χ0n) is 21.2. The second-order valence-corrected chi connectivity index (χ2v) is 10.1. The Labute approximate surface area is 211 Å². The van der Waals surface area contributed by atoms with Crippen LogP contribution < -0.4 is 0 Å². The summed E-state index contributed by atoms with van der Waals surface area (Å²) in [4.78, 5) is 37.5. The molecule has 3 aliphatic rings. The van der Waals surface area contributed by atoms with Crippen LogP contribution in [-0.2, 0) is 19.1 Å². The van der Waals surface area contributed by atoms with Crippen LogP contribution in [0.5, 0.6) is 0 Å². The number of allylic oxidation sites excluding steroid dienone is 1. The fourth-order valence-corrected chi connectivity index (χ4v) is 5.64. The van der Waals surface area contributed by atoms with Gasteiger partial charge in [-0.1, -0.05) is 35.5 Å². The largest absolute Gasteiger partial charge is 0.460 e. The van der Waals surface area contributed by atoms with Gasteiger partial charge in [0.15, 0.2) is 5.17 Å². The van der Waals surface area contributed by atoms with Gasteiger partial charge in [0.25, 0.3) is 0 Å². The Morgan fingerprint density at radius 1 is 1.11 bits per heavy atom. The van der Waals surface area contributed by atoms with Crippen LogP contribution in [0, 0.1) is 13.8 Å². The lowest BCUT2D eigenvalue weighted by atomic mass is 9.90. The topological polar surface area (TPSA) is 74.7 Å².